The number of nitriles is 2. The quantitative estimate of drug-likeness (QED) is 0.442. The van der Waals surface area contributed by atoms with Gasteiger partial charge in [-0.1, -0.05) is 12.1 Å². The Morgan fingerprint density at radius 2 is 1.82 bits per heavy atom. The standard InChI is InChI=1S/C11H7N3O3/c12-5-9(7-15)11(6-13)8-1-3-10(4-2-8)14(16)17/h1-4,7,9,11H/t9-,11-/m0/s1. The molecule has 84 valence electrons. The van der Waals surface area contributed by atoms with Gasteiger partial charge in [0.25, 0.3) is 5.69 Å². The third-order valence-corrected chi connectivity index (χ3v) is 2.26. The first kappa shape index (κ1) is 12.3. The number of rotatable bonds is 4. The summed E-state index contributed by atoms with van der Waals surface area (Å²) in [6, 6.07) is 8.78. The zero-order valence-electron chi connectivity index (χ0n) is 8.61. The summed E-state index contributed by atoms with van der Waals surface area (Å²) < 4.78 is 0. The van der Waals surface area contributed by atoms with Gasteiger partial charge >= 0.3 is 0 Å². The Labute approximate surface area is 96.9 Å². The molecule has 0 N–H and O–H groups in total. The minimum Gasteiger partial charge on any atom is -0.302 e. The van der Waals surface area contributed by atoms with E-state index >= 15 is 0 Å². The van der Waals surface area contributed by atoms with Crippen molar-refractivity contribution in [1.29, 1.82) is 10.5 Å². The Hall–Kier alpha value is -2.73. The van der Waals surface area contributed by atoms with Crippen molar-refractivity contribution in [3.63, 3.8) is 0 Å². The molecule has 17 heavy (non-hydrogen) atoms. The van der Waals surface area contributed by atoms with E-state index in [-0.39, 0.29) is 5.69 Å². The average Bonchev–Trinajstić information content (AvgIpc) is 2.36. The fourth-order valence-corrected chi connectivity index (χ4v) is 1.35. The summed E-state index contributed by atoms with van der Waals surface area (Å²) in [5, 5.41) is 28.0. The van der Waals surface area contributed by atoms with Crippen molar-refractivity contribution in [3.05, 3.63) is 39.9 Å². The van der Waals surface area contributed by atoms with E-state index in [4.69, 9.17) is 10.5 Å². The van der Waals surface area contributed by atoms with Crippen LogP contribution in [0.2, 0.25) is 0 Å². The van der Waals surface area contributed by atoms with Crippen molar-refractivity contribution < 1.29 is 9.72 Å². The number of carbonyl (C=O) groups excluding carboxylic acids is 1. The smallest absolute Gasteiger partial charge is 0.269 e. The first-order valence-electron chi connectivity index (χ1n) is 4.63. The third kappa shape index (κ3) is 2.64. The van der Waals surface area contributed by atoms with E-state index in [1.165, 1.54) is 24.3 Å². The molecule has 0 saturated carbocycles. The highest BCUT2D eigenvalue weighted by Gasteiger charge is 2.22. The lowest BCUT2D eigenvalue weighted by Gasteiger charge is -2.09. The van der Waals surface area contributed by atoms with Gasteiger partial charge in [-0.15, -0.1) is 0 Å². The number of benzene rings is 1. The number of non-ortho nitro benzene ring substituents is 1. The lowest BCUT2D eigenvalue weighted by molar-refractivity contribution is -0.384. The summed E-state index contributed by atoms with van der Waals surface area (Å²) >= 11 is 0. The number of nitro groups is 1. The molecule has 0 aliphatic carbocycles. The van der Waals surface area contributed by atoms with Crippen LogP contribution in [-0.4, -0.2) is 11.2 Å². The van der Waals surface area contributed by atoms with Crippen LogP contribution in [0.1, 0.15) is 11.5 Å². The van der Waals surface area contributed by atoms with Gasteiger partial charge in [-0.3, -0.25) is 10.1 Å². The molecule has 0 spiro atoms. The van der Waals surface area contributed by atoms with Crippen molar-refractivity contribution in [1.82, 2.24) is 0 Å². The Morgan fingerprint density at radius 1 is 1.24 bits per heavy atom. The molecule has 0 saturated heterocycles. The lowest BCUT2D eigenvalue weighted by atomic mass is 9.89. The van der Waals surface area contributed by atoms with Crippen LogP contribution in [0.25, 0.3) is 0 Å². The van der Waals surface area contributed by atoms with Crippen LogP contribution in [0.4, 0.5) is 5.69 Å². The number of carbonyl (C=O) groups is 1. The minimum atomic E-state index is -1.07. The second kappa shape index (κ2) is 5.38. The highest BCUT2D eigenvalue weighted by molar-refractivity contribution is 5.61. The molecular weight excluding hydrogens is 222 g/mol. The monoisotopic (exact) mass is 229 g/mol. The van der Waals surface area contributed by atoms with Crippen LogP contribution in [0.5, 0.6) is 0 Å². The van der Waals surface area contributed by atoms with Gasteiger partial charge in [0.2, 0.25) is 0 Å². The summed E-state index contributed by atoms with van der Waals surface area (Å²) in [5.74, 6) is -1.97. The normalized spacial score (nSPS) is 12.8. The maximum absolute atomic E-state index is 10.6. The van der Waals surface area contributed by atoms with E-state index in [2.05, 4.69) is 0 Å². The first-order valence-corrected chi connectivity index (χ1v) is 4.63. The minimum absolute atomic E-state index is 0.106. The topological polar surface area (TPSA) is 108 Å². The predicted molar refractivity (Wildman–Crippen MR) is 56.6 cm³/mol. The lowest BCUT2D eigenvalue weighted by Crippen LogP contribution is -2.10. The van der Waals surface area contributed by atoms with Crippen molar-refractivity contribution in [2.45, 2.75) is 5.92 Å². The largest absolute Gasteiger partial charge is 0.302 e. The SMILES string of the molecule is N#C[C@@H](C=O)[C@@H](C#N)c1ccc([N+](=O)[O-])cc1. The molecule has 0 bridgehead atoms. The summed E-state index contributed by atoms with van der Waals surface area (Å²) in [6.45, 7) is 0. The Kier molecular flexibility index (Phi) is 3.91. The van der Waals surface area contributed by atoms with Gasteiger partial charge in [0.1, 0.15) is 12.2 Å². The highest BCUT2D eigenvalue weighted by Crippen LogP contribution is 2.24. The zero-order chi connectivity index (χ0) is 12.8. The van der Waals surface area contributed by atoms with E-state index in [9.17, 15) is 14.9 Å². The maximum Gasteiger partial charge on any atom is 0.269 e. The molecule has 2 atom stereocenters. The Balaban J connectivity index is 3.07. The zero-order valence-corrected chi connectivity index (χ0v) is 8.61. The van der Waals surface area contributed by atoms with Crippen molar-refractivity contribution in [2.75, 3.05) is 0 Å². The second-order valence-corrected chi connectivity index (χ2v) is 3.25. The maximum atomic E-state index is 10.6. The van der Waals surface area contributed by atoms with E-state index in [0.717, 1.165) is 0 Å². The number of hydrogen-bond acceptors (Lipinski definition) is 5. The van der Waals surface area contributed by atoms with Gasteiger partial charge in [0.15, 0.2) is 0 Å². The second-order valence-electron chi connectivity index (χ2n) is 3.25. The molecule has 0 unspecified atom stereocenters. The summed E-state index contributed by atoms with van der Waals surface area (Å²) in [4.78, 5) is 20.5. The number of aldehydes is 1. The molecule has 0 aliphatic heterocycles. The van der Waals surface area contributed by atoms with Crippen molar-refractivity contribution in [3.8, 4) is 12.1 Å². The van der Waals surface area contributed by atoms with Gasteiger partial charge in [-0.2, -0.15) is 10.5 Å². The van der Waals surface area contributed by atoms with E-state index in [1.54, 1.807) is 6.07 Å². The van der Waals surface area contributed by atoms with Gasteiger partial charge in [0, 0.05) is 12.1 Å². The predicted octanol–water partition coefficient (Wildman–Crippen LogP) is 1.54. The number of nitrogens with zero attached hydrogens (tertiary/aromatic N) is 3. The molecule has 1 aromatic rings. The molecule has 1 rings (SSSR count). The number of nitro benzene ring substituents is 1. The van der Waals surface area contributed by atoms with Gasteiger partial charge in [0.05, 0.1) is 23.0 Å². The van der Waals surface area contributed by atoms with E-state index < -0.39 is 16.8 Å². The van der Waals surface area contributed by atoms with Gasteiger partial charge < -0.3 is 4.79 Å². The van der Waals surface area contributed by atoms with Crippen LogP contribution in [0, 0.1) is 38.7 Å². The molecule has 6 nitrogen and oxygen atoms in total. The third-order valence-electron chi connectivity index (χ3n) is 2.26. The first-order chi connectivity index (χ1) is 8.13. The van der Waals surface area contributed by atoms with Crippen LogP contribution >= 0.6 is 0 Å². The van der Waals surface area contributed by atoms with Crippen LogP contribution in [0.3, 0.4) is 0 Å². The number of hydrogen-bond donors (Lipinski definition) is 0. The summed E-state index contributed by atoms with van der Waals surface area (Å²) in [5.41, 5.74) is 0.307. The average molecular weight is 229 g/mol. The molecule has 0 aliphatic rings. The van der Waals surface area contributed by atoms with Gasteiger partial charge in [-0.05, 0) is 5.56 Å². The Morgan fingerprint density at radius 3 is 2.18 bits per heavy atom. The van der Waals surface area contributed by atoms with Crippen LogP contribution < -0.4 is 0 Å². The van der Waals surface area contributed by atoms with E-state index in [1.807, 2.05) is 6.07 Å². The molecule has 1 aromatic carbocycles. The fraction of sp³-hybridized carbons (Fsp3) is 0.182. The molecule has 0 radical (unpaired) electrons. The molecule has 0 aromatic heterocycles. The van der Waals surface area contributed by atoms with Crippen molar-refractivity contribution in [2.24, 2.45) is 5.92 Å². The molecule has 0 amide bonds. The molecule has 6 heteroatoms. The molecule has 0 fully saturated rings. The van der Waals surface area contributed by atoms with Gasteiger partial charge in [-0.25, -0.2) is 0 Å². The van der Waals surface area contributed by atoms with Crippen LogP contribution in [0.15, 0.2) is 24.3 Å². The fourth-order valence-electron chi connectivity index (χ4n) is 1.35. The van der Waals surface area contributed by atoms with E-state index in [0.29, 0.717) is 11.8 Å². The molecule has 0 heterocycles. The molecular formula is C11H7N3O3. The summed E-state index contributed by atoms with van der Waals surface area (Å²) in [7, 11) is 0. The Bertz CT molecular complexity index is 510. The highest BCUT2D eigenvalue weighted by atomic mass is 16.6. The van der Waals surface area contributed by atoms with Crippen molar-refractivity contribution >= 4 is 12.0 Å². The summed E-state index contributed by atoms with van der Waals surface area (Å²) in [6.07, 6.45) is 0.398. The van der Waals surface area contributed by atoms with Crippen LogP contribution in [-0.2, 0) is 4.79 Å².